The average molecular weight is 289 g/mol. The zero-order valence-corrected chi connectivity index (χ0v) is 11.3. The van der Waals surface area contributed by atoms with Crippen LogP contribution < -0.4 is 10.6 Å². The van der Waals surface area contributed by atoms with Crippen LogP contribution in [0, 0.1) is 0 Å². The lowest BCUT2D eigenvalue weighted by Gasteiger charge is -2.22. The van der Waals surface area contributed by atoms with Crippen LogP contribution in [0.4, 0.5) is 10.1 Å². The van der Waals surface area contributed by atoms with Crippen molar-refractivity contribution < 1.29 is 14.3 Å². The summed E-state index contributed by atoms with van der Waals surface area (Å²) in [6, 6.07) is 6.35. The van der Waals surface area contributed by atoms with E-state index < -0.39 is 18.7 Å². The topological polar surface area (TPSA) is 66.6 Å². The van der Waals surface area contributed by atoms with E-state index in [1.54, 1.807) is 12.1 Å². The molecular formula is C13H18ClFN2O2. The Balaban J connectivity index is 2.71. The van der Waals surface area contributed by atoms with E-state index in [2.05, 4.69) is 0 Å². The minimum atomic E-state index is -1.02. The molecular weight excluding hydrogens is 271 g/mol. The number of hydrogen-bond donors (Lipinski definition) is 2. The largest absolute Gasteiger partial charge is 0.480 e. The molecule has 1 aromatic rings. The Morgan fingerprint density at radius 1 is 1.37 bits per heavy atom. The number of nitrogens with two attached hydrogens (primary N) is 1. The molecule has 106 valence electrons. The number of carboxylic acid groups (broad SMARTS) is 1. The number of rotatable bonds is 8. The molecule has 3 N–H and O–H groups in total. The molecule has 6 heteroatoms. The highest BCUT2D eigenvalue weighted by molar-refractivity contribution is 6.18. The van der Waals surface area contributed by atoms with Crippen molar-refractivity contribution in [2.45, 2.75) is 12.5 Å². The summed E-state index contributed by atoms with van der Waals surface area (Å²) in [4.78, 5) is 12.5. The second kappa shape index (κ2) is 7.96. The number of nitrogens with zero attached hydrogens (tertiary/aromatic N) is 1. The number of aliphatic carboxylic acids is 1. The molecule has 0 saturated carbocycles. The molecule has 0 spiro atoms. The van der Waals surface area contributed by atoms with Crippen molar-refractivity contribution in [1.82, 2.24) is 0 Å². The first kappa shape index (κ1) is 15.7. The molecule has 1 aromatic carbocycles. The van der Waals surface area contributed by atoms with Gasteiger partial charge < -0.3 is 15.7 Å². The minimum absolute atomic E-state index is 0.272. The van der Waals surface area contributed by atoms with Gasteiger partial charge in [-0.05, 0) is 24.1 Å². The Kier molecular flexibility index (Phi) is 6.59. The van der Waals surface area contributed by atoms with Crippen LogP contribution in [-0.4, -0.2) is 42.8 Å². The van der Waals surface area contributed by atoms with Gasteiger partial charge in [0.25, 0.3) is 0 Å². The number of benzene rings is 1. The Hall–Kier alpha value is -1.33. The van der Waals surface area contributed by atoms with E-state index in [0.717, 1.165) is 11.3 Å². The van der Waals surface area contributed by atoms with Crippen molar-refractivity contribution in [3.05, 3.63) is 29.8 Å². The molecule has 19 heavy (non-hydrogen) atoms. The standard InChI is InChI=1S/C13H18ClFN2O2/c14-5-7-17(8-6-15)11-3-1-10(2-4-11)9-12(16)13(18)19/h1-4,12H,5-9,16H2,(H,18,19)/t12-/m1/s1. The lowest BCUT2D eigenvalue weighted by molar-refractivity contribution is -0.138. The maximum Gasteiger partial charge on any atom is 0.320 e. The predicted molar refractivity (Wildman–Crippen MR) is 74.7 cm³/mol. The molecule has 0 bridgehead atoms. The van der Waals surface area contributed by atoms with Crippen molar-refractivity contribution in [3.8, 4) is 0 Å². The molecule has 0 saturated heterocycles. The predicted octanol–water partition coefficient (Wildman–Crippen LogP) is 1.66. The molecule has 0 amide bonds. The van der Waals surface area contributed by atoms with E-state index >= 15 is 0 Å². The highest BCUT2D eigenvalue weighted by Crippen LogP contribution is 2.16. The minimum Gasteiger partial charge on any atom is -0.480 e. The summed E-state index contributed by atoms with van der Waals surface area (Å²) in [7, 11) is 0. The van der Waals surface area contributed by atoms with Gasteiger partial charge in [-0.25, -0.2) is 4.39 Å². The summed E-state index contributed by atoms with van der Waals surface area (Å²) >= 11 is 5.67. The second-order valence-electron chi connectivity index (χ2n) is 4.18. The molecule has 0 fully saturated rings. The van der Waals surface area contributed by atoms with Gasteiger partial charge in [0, 0.05) is 24.7 Å². The number of halogens is 2. The van der Waals surface area contributed by atoms with Crippen molar-refractivity contribution in [2.24, 2.45) is 5.73 Å². The number of carboxylic acids is 1. The number of anilines is 1. The summed E-state index contributed by atoms with van der Waals surface area (Å²) in [5, 5.41) is 8.74. The van der Waals surface area contributed by atoms with Crippen LogP contribution >= 0.6 is 11.6 Å². The van der Waals surface area contributed by atoms with Crippen LogP contribution in [0.5, 0.6) is 0 Å². The van der Waals surface area contributed by atoms with Crippen molar-refractivity contribution in [3.63, 3.8) is 0 Å². The van der Waals surface area contributed by atoms with E-state index in [4.69, 9.17) is 22.4 Å². The quantitative estimate of drug-likeness (QED) is 0.714. The van der Waals surface area contributed by atoms with Crippen LogP contribution in [0.3, 0.4) is 0 Å². The summed E-state index contributed by atoms with van der Waals surface area (Å²) in [6.07, 6.45) is 0.272. The molecule has 0 aliphatic rings. The summed E-state index contributed by atoms with van der Waals surface area (Å²) in [5.41, 5.74) is 7.17. The highest BCUT2D eigenvalue weighted by Gasteiger charge is 2.12. The van der Waals surface area contributed by atoms with E-state index in [1.807, 2.05) is 17.0 Å². The summed E-state index contributed by atoms with van der Waals surface area (Å²) < 4.78 is 12.4. The van der Waals surface area contributed by atoms with Gasteiger partial charge in [-0.15, -0.1) is 11.6 Å². The van der Waals surface area contributed by atoms with E-state index in [0.29, 0.717) is 19.0 Å². The number of alkyl halides is 2. The van der Waals surface area contributed by atoms with Crippen LogP contribution in [0.2, 0.25) is 0 Å². The summed E-state index contributed by atoms with van der Waals surface area (Å²) in [6.45, 7) is 0.419. The Morgan fingerprint density at radius 2 is 2.00 bits per heavy atom. The van der Waals surface area contributed by atoms with Crippen LogP contribution in [0.1, 0.15) is 5.56 Å². The van der Waals surface area contributed by atoms with Gasteiger partial charge in [0.2, 0.25) is 0 Å². The van der Waals surface area contributed by atoms with Crippen molar-refractivity contribution >= 4 is 23.3 Å². The molecule has 0 aliphatic carbocycles. The lowest BCUT2D eigenvalue weighted by Crippen LogP contribution is -2.32. The molecule has 0 aliphatic heterocycles. The SMILES string of the molecule is N[C@H](Cc1ccc(N(CCF)CCCl)cc1)C(=O)O. The first-order valence-electron chi connectivity index (χ1n) is 6.02. The monoisotopic (exact) mass is 288 g/mol. The van der Waals surface area contributed by atoms with E-state index in [-0.39, 0.29) is 6.42 Å². The molecule has 1 atom stereocenters. The third-order valence-corrected chi connectivity index (χ3v) is 2.95. The van der Waals surface area contributed by atoms with E-state index in [9.17, 15) is 9.18 Å². The molecule has 0 aromatic heterocycles. The van der Waals surface area contributed by atoms with Crippen molar-refractivity contribution in [2.75, 3.05) is 30.5 Å². The zero-order chi connectivity index (χ0) is 14.3. The van der Waals surface area contributed by atoms with Gasteiger partial charge in [-0.2, -0.15) is 0 Å². The fraction of sp³-hybridized carbons (Fsp3) is 0.462. The fourth-order valence-electron chi connectivity index (χ4n) is 1.76. The maximum absolute atomic E-state index is 12.4. The van der Waals surface area contributed by atoms with Gasteiger partial charge in [-0.1, -0.05) is 12.1 Å². The first-order valence-corrected chi connectivity index (χ1v) is 6.56. The van der Waals surface area contributed by atoms with E-state index in [1.165, 1.54) is 0 Å². The zero-order valence-electron chi connectivity index (χ0n) is 10.6. The Morgan fingerprint density at radius 3 is 2.47 bits per heavy atom. The fourth-order valence-corrected chi connectivity index (χ4v) is 1.96. The third-order valence-electron chi connectivity index (χ3n) is 2.78. The van der Waals surface area contributed by atoms with Crippen LogP contribution in [0.15, 0.2) is 24.3 Å². The van der Waals surface area contributed by atoms with Gasteiger partial charge in [0.15, 0.2) is 0 Å². The third kappa shape index (κ3) is 5.04. The lowest BCUT2D eigenvalue weighted by atomic mass is 10.1. The highest BCUT2D eigenvalue weighted by atomic mass is 35.5. The van der Waals surface area contributed by atoms with Gasteiger partial charge in [-0.3, -0.25) is 4.79 Å². The van der Waals surface area contributed by atoms with Gasteiger partial charge >= 0.3 is 5.97 Å². The molecule has 0 heterocycles. The average Bonchev–Trinajstić information content (AvgIpc) is 2.39. The van der Waals surface area contributed by atoms with Gasteiger partial charge in [0.05, 0.1) is 0 Å². The molecule has 0 unspecified atom stereocenters. The molecule has 4 nitrogen and oxygen atoms in total. The molecule has 1 rings (SSSR count). The normalized spacial score (nSPS) is 12.2. The first-order chi connectivity index (χ1) is 9.08. The number of carbonyl (C=O) groups is 1. The molecule has 0 radical (unpaired) electrons. The number of hydrogen-bond acceptors (Lipinski definition) is 3. The Labute approximate surface area is 117 Å². The smallest absolute Gasteiger partial charge is 0.320 e. The van der Waals surface area contributed by atoms with Crippen molar-refractivity contribution in [1.29, 1.82) is 0 Å². The summed E-state index contributed by atoms with van der Waals surface area (Å²) in [5.74, 6) is -0.601. The second-order valence-corrected chi connectivity index (χ2v) is 4.56. The van der Waals surface area contributed by atoms with Gasteiger partial charge in [0.1, 0.15) is 12.7 Å². The van der Waals surface area contributed by atoms with Crippen LogP contribution in [0.25, 0.3) is 0 Å². The maximum atomic E-state index is 12.4. The van der Waals surface area contributed by atoms with Crippen LogP contribution in [-0.2, 0) is 11.2 Å². The Bertz CT molecular complexity index is 394.